The number of hydrogen-bond acceptors (Lipinski definition) is 5. The van der Waals surface area contributed by atoms with Gasteiger partial charge in [-0.15, -0.1) is 22.7 Å². The number of phenolic OH excluding ortho intramolecular Hbond substituents is 2. The Kier molecular flexibility index (Phi) is 11.1. The molecule has 2 N–H and O–H groups in total. The number of benzene rings is 4. The first-order valence-corrected chi connectivity index (χ1v) is 25.9. The zero-order valence-corrected chi connectivity index (χ0v) is 45.0. The van der Waals surface area contributed by atoms with E-state index in [-0.39, 0.29) is 51.9 Å². The van der Waals surface area contributed by atoms with Crippen molar-refractivity contribution in [2.75, 3.05) is 0 Å². The van der Waals surface area contributed by atoms with E-state index in [1.807, 2.05) is 0 Å². The van der Waals surface area contributed by atoms with Crippen molar-refractivity contribution in [3.63, 3.8) is 0 Å². The molecule has 4 aromatic carbocycles. The summed E-state index contributed by atoms with van der Waals surface area (Å²) in [7, 11) is 0. The molecule has 67 heavy (non-hydrogen) atoms. The molecule has 346 valence electrons. The molecule has 0 saturated heterocycles. The number of pyridine rings is 1. The van der Waals surface area contributed by atoms with Gasteiger partial charge in [0.05, 0.1) is 11.4 Å². The molecule has 4 atom stereocenters. The molecule has 3 nitrogen and oxygen atoms in total. The summed E-state index contributed by atoms with van der Waals surface area (Å²) in [6.07, 6.45) is 15.0. The number of rotatable bonds is 6. The van der Waals surface area contributed by atoms with Gasteiger partial charge in [-0.3, -0.25) is 0 Å². The fourth-order valence-corrected chi connectivity index (χ4v) is 20.4. The van der Waals surface area contributed by atoms with Crippen LogP contribution in [0.2, 0.25) is 0 Å². The normalized spacial score (nSPS) is 32.0. The number of thiophene rings is 2. The molecule has 8 aliphatic carbocycles. The summed E-state index contributed by atoms with van der Waals surface area (Å²) in [5.74, 6) is 2.42. The van der Waals surface area contributed by atoms with Crippen LogP contribution in [-0.2, 0) is 37.0 Å². The van der Waals surface area contributed by atoms with E-state index in [0.717, 1.165) is 55.2 Å². The number of aromatic nitrogens is 1. The van der Waals surface area contributed by atoms with Crippen LogP contribution in [0.3, 0.4) is 0 Å². The molecule has 15 rings (SSSR count). The molecule has 7 aromatic rings. The van der Waals surface area contributed by atoms with Gasteiger partial charge in [-0.2, -0.15) is 0 Å². The van der Waals surface area contributed by atoms with E-state index in [2.05, 4.69) is 133 Å². The molecule has 0 aliphatic heterocycles. The van der Waals surface area contributed by atoms with E-state index in [9.17, 15) is 10.2 Å². The van der Waals surface area contributed by atoms with Gasteiger partial charge in [0.2, 0.25) is 0 Å². The summed E-state index contributed by atoms with van der Waals surface area (Å²) < 4.78 is 2.39. The zero-order valence-electron chi connectivity index (χ0n) is 41.0. The summed E-state index contributed by atoms with van der Waals surface area (Å²) in [5, 5.41) is 27.9. The third-order valence-corrected chi connectivity index (χ3v) is 20.3. The van der Waals surface area contributed by atoms with Crippen LogP contribution in [0, 0.1) is 62.2 Å². The van der Waals surface area contributed by atoms with E-state index in [1.54, 1.807) is 22.7 Å². The van der Waals surface area contributed by atoms with Gasteiger partial charge in [-0.05, 0) is 172 Å². The van der Waals surface area contributed by atoms with Crippen LogP contribution >= 0.6 is 22.7 Å². The van der Waals surface area contributed by atoms with Gasteiger partial charge >= 0.3 is 0 Å². The average molecular weight is 1000 g/mol. The largest absolute Gasteiger partial charge is 0.507 e. The van der Waals surface area contributed by atoms with Crippen LogP contribution in [0.15, 0.2) is 91.0 Å². The molecule has 8 fully saturated rings. The molecule has 8 saturated carbocycles. The minimum atomic E-state index is 0. The van der Waals surface area contributed by atoms with Crippen LogP contribution in [0.1, 0.15) is 127 Å². The minimum absolute atomic E-state index is 0. The number of aromatic hydroxyl groups is 2. The predicted octanol–water partition coefficient (Wildman–Crippen LogP) is 17.6. The summed E-state index contributed by atoms with van der Waals surface area (Å²) in [6.45, 7) is 14.6. The molecule has 0 spiro atoms. The number of hydrogen-bond donors (Lipinski definition) is 2. The van der Waals surface area contributed by atoms with Crippen LogP contribution in [-0.4, -0.2) is 15.2 Å². The average Bonchev–Trinajstić information content (AvgIpc) is 3.79. The first-order valence-electron chi connectivity index (χ1n) is 24.2. The summed E-state index contributed by atoms with van der Waals surface area (Å²) in [5.41, 5.74) is 12.0. The molecule has 4 unspecified atom stereocenters. The van der Waals surface area contributed by atoms with Crippen molar-refractivity contribution < 1.29 is 36.4 Å². The molecule has 3 heterocycles. The van der Waals surface area contributed by atoms with Gasteiger partial charge in [0.1, 0.15) is 11.5 Å². The standard InChI is InChI=1S/C59H61NO2S2.2CH3.Zr/c1-34-18-40(50(61)42(20-34)58-26-36-22-54(3,30-58)28-55(4,23-36)31-58)52-48(38-12-7-9-16-46(38)63-52)44-14-11-15-45(60-44)49-39-13-8-10-17-47(39)64-53(49)41-19-35(2)21-43(51(41)62)59-27-37-24-56(5,32-59)29-57(6,25-37)33-59;;;/h7-21,36-37,61-62H,22-33H2,1-6H3;2*1H3;/q;2*-1;. The van der Waals surface area contributed by atoms with Gasteiger partial charge in [0, 0.05) is 100 Å². The van der Waals surface area contributed by atoms with Crippen LogP contribution in [0.25, 0.3) is 63.6 Å². The molecule has 0 radical (unpaired) electrons. The Bertz CT molecular complexity index is 2900. The number of aryl methyl sites for hydroxylation is 2. The predicted molar refractivity (Wildman–Crippen MR) is 281 cm³/mol. The molecule has 6 heteroatoms. The van der Waals surface area contributed by atoms with E-state index < -0.39 is 0 Å². The van der Waals surface area contributed by atoms with E-state index >= 15 is 0 Å². The quantitative estimate of drug-likeness (QED) is 0.163. The van der Waals surface area contributed by atoms with Crippen LogP contribution in [0.5, 0.6) is 11.5 Å². The number of phenols is 2. The molecule has 8 bridgehead atoms. The van der Waals surface area contributed by atoms with Crippen molar-refractivity contribution in [2.24, 2.45) is 33.5 Å². The zero-order chi connectivity index (χ0) is 43.8. The van der Waals surface area contributed by atoms with E-state index in [4.69, 9.17) is 4.98 Å². The van der Waals surface area contributed by atoms with E-state index in [1.165, 1.54) is 119 Å². The van der Waals surface area contributed by atoms with Crippen molar-refractivity contribution in [2.45, 2.75) is 129 Å². The van der Waals surface area contributed by atoms with Crippen molar-refractivity contribution >= 4 is 42.8 Å². The molecular weight excluding hydrogens is 934 g/mol. The number of nitrogens with zero attached hydrogens (tertiary/aromatic N) is 1. The van der Waals surface area contributed by atoms with E-state index in [0.29, 0.717) is 33.2 Å². The summed E-state index contributed by atoms with van der Waals surface area (Å²) >= 11 is 3.56. The SMILES string of the molecule is Cc1cc(-c2sc3ccccc3c2-c2cccc(-c3c(-c4cc(C)cc(C56CC7CC(C)(CC(C)(C7)C5)C6)c4O)sc4ccccc34)n2)c(O)c(C23CC4CC(C)(CC(C)(C4)C2)C3)c1.[CH3-].[CH3-].[Zr]. The second-order valence-corrected chi connectivity index (χ2v) is 26.4. The maximum absolute atomic E-state index is 12.8. The van der Waals surface area contributed by atoms with Crippen LogP contribution < -0.4 is 0 Å². The van der Waals surface area contributed by atoms with Gasteiger partial charge in [0.15, 0.2) is 0 Å². The smallest absolute Gasteiger partial charge is 0.128 e. The van der Waals surface area contributed by atoms with Gasteiger partial charge < -0.3 is 25.1 Å². The molecule has 8 aliphatic rings. The fourth-order valence-electron chi connectivity index (χ4n) is 17.9. The molecule has 0 amide bonds. The van der Waals surface area contributed by atoms with Crippen molar-refractivity contribution in [1.82, 2.24) is 4.98 Å². The Morgan fingerprint density at radius 1 is 0.493 bits per heavy atom. The Labute approximate surface area is 427 Å². The first kappa shape index (κ1) is 47.1. The fraction of sp³-hybridized carbons (Fsp3) is 0.426. The first-order chi connectivity index (χ1) is 30.5. The van der Waals surface area contributed by atoms with Gasteiger partial charge in [0.25, 0.3) is 0 Å². The Balaban J connectivity index is 0.00000175. The molecule has 3 aromatic heterocycles. The monoisotopic (exact) mass is 999 g/mol. The minimum Gasteiger partial charge on any atom is -0.507 e. The third-order valence-electron chi connectivity index (χ3n) is 17.8. The Morgan fingerprint density at radius 3 is 1.24 bits per heavy atom. The topological polar surface area (TPSA) is 53.4 Å². The molecular formula is C61H67NO2S2Zr-2. The van der Waals surface area contributed by atoms with Crippen molar-refractivity contribution in [1.29, 1.82) is 0 Å². The van der Waals surface area contributed by atoms with Crippen molar-refractivity contribution in [3.05, 3.63) is 128 Å². The second kappa shape index (κ2) is 15.7. The van der Waals surface area contributed by atoms with Gasteiger partial charge in [-0.25, -0.2) is 4.98 Å². The van der Waals surface area contributed by atoms with Gasteiger partial charge in [-0.1, -0.05) is 82.3 Å². The number of fused-ring (bicyclic) bond motifs is 2. The van der Waals surface area contributed by atoms with Crippen molar-refractivity contribution in [3.8, 4) is 54.9 Å². The maximum Gasteiger partial charge on any atom is 0.128 e. The second-order valence-electron chi connectivity index (χ2n) is 24.3. The third kappa shape index (κ3) is 7.16. The Hall–Kier alpha value is -3.57. The summed E-state index contributed by atoms with van der Waals surface area (Å²) in [6, 6.07) is 33.1. The van der Waals surface area contributed by atoms with Crippen LogP contribution in [0.4, 0.5) is 0 Å². The summed E-state index contributed by atoms with van der Waals surface area (Å²) in [4.78, 5) is 7.85. The maximum atomic E-state index is 12.8. The Morgan fingerprint density at radius 2 is 0.866 bits per heavy atom.